The van der Waals surface area contributed by atoms with Gasteiger partial charge in [-0.1, -0.05) is 25.0 Å². The molecule has 7 heteroatoms. The number of sulfonamides is 1. The van der Waals surface area contributed by atoms with E-state index in [0.717, 1.165) is 18.4 Å². The van der Waals surface area contributed by atoms with E-state index >= 15 is 0 Å². The molecule has 1 aliphatic rings. The lowest BCUT2D eigenvalue weighted by atomic mass is 9.89. The van der Waals surface area contributed by atoms with Gasteiger partial charge in [0, 0.05) is 18.7 Å². The zero-order valence-corrected chi connectivity index (χ0v) is 17.6. The summed E-state index contributed by atoms with van der Waals surface area (Å²) in [6.07, 6.45) is 3.13. The minimum atomic E-state index is -3.80. The smallest absolute Gasteiger partial charge is 0.253 e. The minimum Gasteiger partial charge on any atom is -0.339 e. The van der Waals surface area contributed by atoms with Crippen molar-refractivity contribution < 1.29 is 17.6 Å². The van der Waals surface area contributed by atoms with E-state index in [9.17, 15) is 17.6 Å². The molecule has 1 N–H and O–H groups in total. The Hall–Kier alpha value is -2.25. The van der Waals surface area contributed by atoms with Crippen LogP contribution in [0, 0.1) is 5.82 Å². The summed E-state index contributed by atoms with van der Waals surface area (Å²) in [4.78, 5) is 14.2. The van der Waals surface area contributed by atoms with Crippen LogP contribution in [0.4, 0.5) is 4.39 Å². The monoisotopic (exact) mass is 418 g/mol. The molecule has 5 nitrogen and oxygen atoms in total. The second kappa shape index (κ2) is 8.63. The molecule has 0 aromatic heterocycles. The third kappa shape index (κ3) is 4.51. The quantitative estimate of drug-likeness (QED) is 0.738. The Labute approximate surface area is 172 Å². The number of nitrogens with one attached hydrogen (secondary N) is 1. The van der Waals surface area contributed by atoms with Crippen molar-refractivity contribution in [1.82, 2.24) is 9.62 Å². The molecule has 1 aliphatic carbocycles. The Morgan fingerprint density at radius 3 is 2.07 bits per heavy atom. The van der Waals surface area contributed by atoms with Crippen LogP contribution in [0.5, 0.6) is 0 Å². The predicted molar refractivity (Wildman–Crippen MR) is 111 cm³/mol. The first-order chi connectivity index (χ1) is 13.8. The molecular formula is C22H27FN2O3S. The maximum absolute atomic E-state index is 13.3. The summed E-state index contributed by atoms with van der Waals surface area (Å²) < 4.78 is 42.4. The third-order valence-corrected chi connectivity index (χ3v) is 7.20. The highest BCUT2D eigenvalue weighted by atomic mass is 32.2. The van der Waals surface area contributed by atoms with Crippen LogP contribution in [0.15, 0.2) is 53.4 Å². The normalized spacial score (nSPS) is 16.0. The molecule has 0 bridgehead atoms. The van der Waals surface area contributed by atoms with Crippen LogP contribution < -0.4 is 4.72 Å². The van der Waals surface area contributed by atoms with Crippen molar-refractivity contribution in [3.8, 4) is 0 Å². The van der Waals surface area contributed by atoms with Crippen LogP contribution in [0.1, 0.15) is 55.5 Å². The Morgan fingerprint density at radius 1 is 1.00 bits per heavy atom. The minimum absolute atomic E-state index is 0.113. The van der Waals surface area contributed by atoms with Gasteiger partial charge in [-0.05, 0) is 68.7 Å². The van der Waals surface area contributed by atoms with E-state index in [4.69, 9.17) is 0 Å². The summed E-state index contributed by atoms with van der Waals surface area (Å²) in [7, 11) is -3.80. The topological polar surface area (TPSA) is 66.5 Å². The molecule has 29 heavy (non-hydrogen) atoms. The molecule has 0 aliphatic heterocycles. The molecule has 1 amide bonds. The maximum atomic E-state index is 13.3. The van der Waals surface area contributed by atoms with Gasteiger partial charge in [0.05, 0.1) is 10.4 Å². The van der Waals surface area contributed by atoms with Gasteiger partial charge in [0.1, 0.15) is 5.82 Å². The molecule has 0 saturated heterocycles. The second-order valence-electron chi connectivity index (χ2n) is 7.40. The highest BCUT2D eigenvalue weighted by molar-refractivity contribution is 7.89. The van der Waals surface area contributed by atoms with Crippen LogP contribution >= 0.6 is 0 Å². The summed E-state index contributed by atoms with van der Waals surface area (Å²) in [5, 5.41) is 0. The predicted octanol–water partition coefficient (Wildman–Crippen LogP) is 4.06. The van der Waals surface area contributed by atoms with Crippen molar-refractivity contribution in [3.63, 3.8) is 0 Å². The van der Waals surface area contributed by atoms with Gasteiger partial charge in [0.2, 0.25) is 10.0 Å². The SMILES string of the molecule is CCN(CC)C(=O)c1ccc(S(=O)(=O)NC2(c3ccc(F)cc3)CCCC2)cc1. The summed E-state index contributed by atoms with van der Waals surface area (Å²) in [5.41, 5.74) is 0.498. The molecule has 3 rings (SSSR count). The average Bonchev–Trinajstić information content (AvgIpc) is 3.18. The molecule has 2 aromatic carbocycles. The van der Waals surface area contributed by atoms with E-state index in [1.54, 1.807) is 29.2 Å². The molecule has 156 valence electrons. The molecule has 2 aromatic rings. The number of benzene rings is 2. The molecule has 0 radical (unpaired) electrons. The van der Waals surface area contributed by atoms with Crippen LogP contribution in [0.3, 0.4) is 0 Å². The molecular weight excluding hydrogens is 391 g/mol. The van der Waals surface area contributed by atoms with Crippen LogP contribution in [-0.2, 0) is 15.6 Å². The molecule has 0 spiro atoms. The standard InChI is InChI=1S/C22H27FN2O3S/c1-3-25(4-2)21(26)17-7-13-20(14-8-17)29(27,28)24-22(15-5-6-16-22)18-9-11-19(23)12-10-18/h7-14,24H,3-6,15-16H2,1-2H3. The Bertz CT molecular complexity index is 947. The number of carbonyl (C=O) groups is 1. The van der Waals surface area contributed by atoms with Gasteiger partial charge < -0.3 is 4.90 Å². The zero-order valence-electron chi connectivity index (χ0n) is 16.8. The molecule has 1 fully saturated rings. The van der Waals surface area contributed by atoms with Crippen LogP contribution in [0.25, 0.3) is 0 Å². The lowest BCUT2D eigenvalue weighted by molar-refractivity contribution is 0.0773. The van der Waals surface area contributed by atoms with Crippen LogP contribution in [0.2, 0.25) is 0 Å². The molecule has 0 atom stereocenters. The second-order valence-corrected chi connectivity index (χ2v) is 9.09. The molecule has 0 heterocycles. The van der Waals surface area contributed by atoms with E-state index in [-0.39, 0.29) is 16.6 Å². The van der Waals surface area contributed by atoms with Crippen molar-refractivity contribution in [3.05, 3.63) is 65.5 Å². The van der Waals surface area contributed by atoms with Gasteiger partial charge in [-0.3, -0.25) is 4.79 Å². The Kier molecular flexibility index (Phi) is 6.39. The summed E-state index contributed by atoms with van der Waals surface area (Å²) >= 11 is 0. The lowest BCUT2D eigenvalue weighted by Gasteiger charge is -2.30. The number of halogens is 1. The van der Waals surface area contributed by atoms with Crippen molar-refractivity contribution in [2.75, 3.05) is 13.1 Å². The van der Waals surface area contributed by atoms with E-state index in [1.165, 1.54) is 24.3 Å². The van der Waals surface area contributed by atoms with Crippen molar-refractivity contribution in [1.29, 1.82) is 0 Å². The number of carbonyl (C=O) groups excluding carboxylic acids is 1. The fraction of sp³-hybridized carbons (Fsp3) is 0.409. The highest BCUT2D eigenvalue weighted by Gasteiger charge is 2.39. The fourth-order valence-corrected chi connectivity index (χ4v) is 5.43. The zero-order chi connectivity index (χ0) is 21.1. The number of amides is 1. The number of hydrogen-bond acceptors (Lipinski definition) is 3. The largest absolute Gasteiger partial charge is 0.339 e. The summed E-state index contributed by atoms with van der Waals surface area (Å²) in [6.45, 7) is 5.00. The van der Waals surface area contributed by atoms with Gasteiger partial charge in [0.25, 0.3) is 5.91 Å². The number of rotatable bonds is 7. The first kappa shape index (κ1) is 21.5. The number of hydrogen-bond donors (Lipinski definition) is 1. The fourth-order valence-electron chi connectivity index (χ4n) is 3.98. The van der Waals surface area contributed by atoms with Gasteiger partial charge in [-0.15, -0.1) is 0 Å². The highest BCUT2D eigenvalue weighted by Crippen LogP contribution is 2.40. The first-order valence-electron chi connectivity index (χ1n) is 10.0. The third-order valence-electron chi connectivity index (χ3n) is 5.65. The maximum Gasteiger partial charge on any atom is 0.253 e. The van der Waals surface area contributed by atoms with Crippen LogP contribution in [-0.4, -0.2) is 32.3 Å². The Balaban J connectivity index is 1.86. The van der Waals surface area contributed by atoms with Gasteiger partial charge in [-0.2, -0.15) is 0 Å². The Morgan fingerprint density at radius 2 is 1.55 bits per heavy atom. The van der Waals surface area contributed by atoms with Crippen molar-refractivity contribution >= 4 is 15.9 Å². The lowest BCUT2D eigenvalue weighted by Crippen LogP contribution is -2.43. The van der Waals surface area contributed by atoms with E-state index in [0.29, 0.717) is 31.5 Å². The van der Waals surface area contributed by atoms with E-state index in [1.807, 2.05) is 13.8 Å². The van der Waals surface area contributed by atoms with Crippen molar-refractivity contribution in [2.24, 2.45) is 0 Å². The van der Waals surface area contributed by atoms with Gasteiger partial charge >= 0.3 is 0 Å². The van der Waals surface area contributed by atoms with E-state index in [2.05, 4.69) is 4.72 Å². The van der Waals surface area contributed by atoms with E-state index < -0.39 is 15.6 Å². The number of nitrogens with zero attached hydrogens (tertiary/aromatic N) is 1. The molecule has 1 saturated carbocycles. The molecule has 0 unspecified atom stereocenters. The van der Waals surface area contributed by atoms with Gasteiger partial charge in [0.15, 0.2) is 0 Å². The summed E-state index contributed by atoms with van der Waals surface area (Å²) in [5.74, 6) is -0.469. The van der Waals surface area contributed by atoms with Crippen molar-refractivity contribution in [2.45, 2.75) is 50.0 Å². The average molecular weight is 419 g/mol. The first-order valence-corrected chi connectivity index (χ1v) is 11.5. The van der Waals surface area contributed by atoms with Gasteiger partial charge in [-0.25, -0.2) is 17.5 Å². The summed E-state index contributed by atoms with van der Waals surface area (Å²) in [6, 6.07) is 12.0.